The first-order chi connectivity index (χ1) is 9.66. The molecule has 4 nitrogen and oxygen atoms in total. The molecule has 1 aliphatic carbocycles. The number of halogens is 3. The van der Waals surface area contributed by atoms with Gasteiger partial charge < -0.3 is 9.47 Å². The van der Waals surface area contributed by atoms with Crippen LogP contribution in [0.1, 0.15) is 40.0 Å². The fraction of sp³-hybridized carbons (Fsp3) is 0.857. The van der Waals surface area contributed by atoms with Crippen LogP contribution in [-0.4, -0.2) is 28.9 Å². The first-order valence-electron chi connectivity index (χ1n) is 7.07. The molecule has 0 N–H and O–H groups in total. The van der Waals surface area contributed by atoms with Gasteiger partial charge in [0.05, 0.1) is 13.2 Å². The van der Waals surface area contributed by atoms with Crippen LogP contribution in [0.5, 0.6) is 0 Å². The van der Waals surface area contributed by atoms with Crippen molar-refractivity contribution in [1.29, 1.82) is 0 Å². The molecule has 0 aromatic rings. The molecule has 0 aliphatic heterocycles. The minimum absolute atomic E-state index is 0.0497. The third-order valence-corrected chi connectivity index (χ3v) is 4.37. The standard InChI is InChI=1S/C14H21Cl3O4/c1-4-20-11(18)13(12(19)21-5-2)6-9(3)10(7-13)8-14(15,16)17/h9-10H,4-8H2,1-3H3. The lowest BCUT2D eigenvalue weighted by atomic mass is 9.84. The predicted octanol–water partition coefficient (Wildman–Crippen LogP) is 3.91. The lowest BCUT2D eigenvalue weighted by molar-refractivity contribution is -0.172. The van der Waals surface area contributed by atoms with Gasteiger partial charge in [-0.05, 0) is 44.9 Å². The summed E-state index contributed by atoms with van der Waals surface area (Å²) in [5.41, 5.74) is -1.27. The van der Waals surface area contributed by atoms with Crippen LogP contribution < -0.4 is 0 Å². The maximum absolute atomic E-state index is 12.3. The van der Waals surface area contributed by atoms with E-state index in [1.807, 2.05) is 6.92 Å². The van der Waals surface area contributed by atoms with Crippen LogP contribution in [-0.2, 0) is 19.1 Å². The van der Waals surface area contributed by atoms with E-state index < -0.39 is 21.1 Å². The van der Waals surface area contributed by atoms with Crippen molar-refractivity contribution in [3.8, 4) is 0 Å². The van der Waals surface area contributed by atoms with E-state index in [4.69, 9.17) is 44.3 Å². The van der Waals surface area contributed by atoms with Crippen LogP contribution in [0.3, 0.4) is 0 Å². The van der Waals surface area contributed by atoms with Gasteiger partial charge in [0.25, 0.3) is 0 Å². The Balaban J connectivity index is 3.00. The molecule has 0 radical (unpaired) electrons. The van der Waals surface area contributed by atoms with Gasteiger partial charge in [-0.1, -0.05) is 41.7 Å². The van der Waals surface area contributed by atoms with E-state index in [1.54, 1.807) is 13.8 Å². The molecule has 7 heteroatoms. The van der Waals surface area contributed by atoms with E-state index in [0.29, 0.717) is 19.3 Å². The first kappa shape index (κ1) is 18.9. The SMILES string of the molecule is CCOC(=O)C1(C(=O)OCC)CC(C)C(CC(Cl)(Cl)Cl)C1. The Morgan fingerprint density at radius 3 is 1.95 bits per heavy atom. The molecule has 122 valence electrons. The van der Waals surface area contributed by atoms with Crippen molar-refractivity contribution < 1.29 is 19.1 Å². The average molecular weight is 360 g/mol. The summed E-state index contributed by atoms with van der Waals surface area (Å²) in [5.74, 6) is -1.06. The number of hydrogen-bond acceptors (Lipinski definition) is 4. The molecule has 1 aliphatic rings. The number of ether oxygens (including phenoxy) is 2. The maximum Gasteiger partial charge on any atom is 0.323 e. The van der Waals surface area contributed by atoms with Gasteiger partial charge in [-0.3, -0.25) is 9.59 Å². The summed E-state index contributed by atoms with van der Waals surface area (Å²) in [6.07, 6.45) is 0.940. The monoisotopic (exact) mass is 358 g/mol. The lowest BCUT2D eigenvalue weighted by Crippen LogP contribution is -2.40. The van der Waals surface area contributed by atoms with Crippen molar-refractivity contribution in [2.45, 2.75) is 43.8 Å². The largest absolute Gasteiger partial charge is 0.465 e. The molecule has 1 fully saturated rings. The number of esters is 2. The summed E-state index contributed by atoms with van der Waals surface area (Å²) in [6, 6.07) is 0. The summed E-state index contributed by atoms with van der Waals surface area (Å²) >= 11 is 17.6. The van der Waals surface area contributed by atoms with E-state index in [0.717, 1.165) is 0 Å². The van der Waals surface area contributed by atoms with Gasteiger partial charge in [0.15, 0.2) is 9.21 Å². The van der Waals surface area contributed by atoms with Gasteiger partial charge in [0.2, 0.25) is 0 Å². The molecule has 2 unspecified atom stereocenters. The van der Waals surface area contributed by atoms with Crippen molar-refractivity contribution in [2.24, 2.45) is 17.3 Å². The molecule has 1 saturated carbocycles. The van der Waals surface area contributed by atoms with Crippen molar-refractivity contribution in [1.82, 2.24) is 0 Å². The summed E-state index contributed by atoms with van der Waals surface area (Å²) in [6.45, 7) is 5.77. The minimum Gasteiger partial charge on any atom is -0.465 e. The molecule has 0 aromatic heterocycles. The molecule has 0 bridgehead atoms. The Kier molecular flexibility index (Phi) is 6.63. The highest BCUT2D eigenvalue weighted by Gasteiger charge is 2.57. The Morgan fingerprint density at radius 1 is 1.10 bits per heavy atom. The zero-order valence-corrected chi connectivity index (χ0v) is 14.7. The molecule has 21 heavy (non-hydrogen) atoms. The third kappa shape index (κ3) is 4.64. The molecular formula is C14H21Cl3O4. The predicted molar refractivity (Wildman–Crippen MR) is 82.5 cm³/mol. The second-order valence-electron chi connectivity index (χ2n) is 5.49. The van der Waals surface area contributed by atoms with E-state index in [-0.39, 0.29) is 25.0 Å². The van der Waals surface area contributed by atoms with E-state index >= 15 is 0 Å². The Labute approximate surface area is 140 Å². The highest BCUT2D eigenvalue weighted by molar-refractivity contribution is 6.67. The normalized spacial score (nSPS) is 24.7. The summed E-state index contributed by atoms with van der Waals surface area (Å²) in [5, 5.41) is 0. The van der Waals surface area contributed by atoms with Gasteiger partial charge in [-0.15, -0.1) is 0 Å². The van der Waals surface area contributed by atoms with Crippen LogP contribution >= 0.6 is 34.8 Å². The van der Waals surface area contributed by atoms with Crippen LogP contribution in [0.15, 0.2) is 0 Å². The highest BCUT2D eigenvalue weighted by Crippen LogP contribution is 2.51. The van der Waals surface area contributed by atoms with Crippen LogP contribution in [0.25, 0.3) is 0 Å². The zero-order chi connectivity index (χ0) is 16.3. The van der Waals surface area contributed by atoms with Crippen molar-refractivity contribution in [3.05, 3.63) is 0 Å². The Morgan fingerprint density at radius 2 is 1.57 bits per heavy atom. The highest BCUT2D eigenvalue weighted by atomic mass is 35.6. The molecule has 2 atom stereocenters. The molecule has 0 heterocycles. The summed E-state index contributed by atoms with van der Waals surface area (Å²) < 4.78 is 8.76. The van der Waals surface area contributed by atoms with Gasteiger partial charge in [0, 0.05) is 0 Å². The Bertz CT molecular complexity index is 374. The first-order valence-corrected chi connectivity index (χ1v) is 8.20. The number of hydrogen-bond donors (Lipinski definition) is 0. The van der Waals surface area contributed by atoms with E-state index in [1.165, 1.54) is 0 Å². The van der Waals surface area contributed by atoms with Gasteiger partial charge in [0.1, 0.15) is 0 Å². The molecule has 1 rings (SSSR count). The fourth-order valence-electron chi connectivity index (χ4n) is 2.97. The van der Waals surface area contributed by atoms with Crippen LogP contribution in [0.2, 0.25) is 0 Å². The maximum atomic E-state index is 12.3. The van der Waals surface area contributed by atoms with Crippen LogP contribution in [0.4, 0.5) is 0 Å². The number of alkyl halides is 3. The van der Waals surface area contributed by atoms with Crippen molar-refractivity contribution in [2.75, 3.05) is 13.2 Å². The average Bonchev–Trinajstić information content (AvgIpc) is 2.66. The second kappa shape index (κ2) is 7.38. The van der Waals surface area contributed by atoms with E-state index in [9.17, 15) is 9.59 Å². The Hall–Kier alpha value is -0.190. The molecule has 0 amide bonds. The second-order valence-corrected chi connectivity index (χ2v) is 8.00. The number of carbonyl (C=O) groups excluding carboxylic acids is 2. The van der Waals surface area contributed by atoms with Gasteiger partial charge >= 0.3 is 11.9 Å². The summed E-state index contributed by atoms with van der Waals surface area (Å²) in [4.78, 5) is 24.6. The van der Waals surface area contributed by atoms with Crippen LogP contribution in [0, 0.1) is 17.3 Å². The molecule has 0 aromatic carbocycles. The summed E-state index contributed by atoms with van der Waals surface area (Å²) in [7, 11) is 0. The van der Waals surface area contributed by atoms with Gasteiger partial charge in [-0.25, -0.2) is 0 Å². The molecular weight excluding hydrogens is 339 g/mol. The van der Waals surface area contributed by atoms with Gasteiger partial charge in [-0.2, -0.15) is 0 Å². The van der Waals surface area contributed by atoms with E-state index in [2.05, 4.69) is 0 Å². The number of carbonyl (C=O) groups is 2. The topological polar surface area (TPSA) is 52.6 Å². The molecule has 0 spiro atoms. The lowest BCUT2D eigenvalue weighted by Gasteiger charge is -2.25. The number of rotatable bonds is 5. The van der Waals surface area contributed by atoms with Crippen molar-refractivity contribution >= 4 is 46.7 Å². The molecule has 0 saturated heterocycles. The zero-order valence-electron chi connectivity index (χ0n) is 12.5. The third-order valence-electron chi connectivity index (χ3n) is 3.91. The quantitative estimate of drug-likeness (QED) is 0.424. The smallest absolute Gasteiger partial charge is 0.323 e. The van der Waals surface area contributed by atoms with Crippen molar-refractivity contribution in [3.63, 3.8) is 0 Å². The fourth-order valence-corrected chi connectivity index (χ4v) is 3.57. The minimum atomic E-state index is -1.40.